The van der Waals surface area contributed by atoms with Crippen molar-refractivity contribution < 1.29 is 19.5 Å². The molecule has 5 nitrogen and oxygen atoms in total. The fraction of sp³-hybridized carbons (Fsp3) is 0.968. The van der Waals surface area contributed by atoms with Gasteiger partial charge in [-0.05, 0) is 111 Å². The second kappa shape index (κ2) is 10.8. The van der Waals surface area contributed by atoms with E-state index in [-0.39, 0.29) is 28.9 Å². The normalized spacial score (nSPS) is 43.3. The van der Waals surface area contributed by atoms with Crippen LogP contribution in [0.2, 0.25) is 0 Å². The van der Waals surface area contributed by atoms with E-state index in [0.29, 0.717) is 36.0 Å². The predicted octanol–water partition coefficient (Wildman–Crippen LogP) is 5.00. The first-order valence-electron chi connectivity index (χ1n) is 15.4. The Morgan fingerprint density at radius 1 is 1.06 bits per heavy atom. The first-order chi connectivity index (χ1) is 16.9. The number of amides is 1. The first kappa shape index (κ1) is 28.4. The van der Waals surface area contributed by atoms with Gasteiger partial charge in [0.05, 0.1) is 39.4 Å². The van der Waals surface area contributed by atoms with Gasteiger partial charge in [-0.15, -0.1) is 0 Å². The lowest BCUT2D eigenvalue weighted by Gasteiger charge is -2.62. The standard InChI is InChI=1S/C31H56N2O3/c1-7-33(5,6)18-8-17-32-29(36)14-9-21(2)25-12-13-26-24-11-10-22-19-23(34)15-16-30(22,3)27(24)20-28(35)31(25,26)4/h21-28,34-35H,7-20H2,1-6H3/p+1/t21-,22?,23-,24?,25-,26?,27?,28+,30+,31-/m1/s1. The van der Waals surface area contributed by atoms with Crippen LogP contribution in [0.25, 0.3) is 0 Å². The molecule has 3 N–H and O–H groups in total. The Kier molecular flexibility index (Phi) is 8.54. The number of hydrogen-bond donors (Lipinski definition) is 3. The van der Waals surface area contributed by atoms with Crippen molar-refractivity contribution in [2.45, 2.75) is 111 Å². The lowest BCUT2D eigenvalue weighted by atomic mass is 9.43. The van der Waals surface area contributed by atoms with E-state index in [1.165, 1.54) is 25.7 Å². The third-order valence-corrected chi connectivity index (χ3v) is 12.4. The number of quaternary nitrogens is 1. The summed E-state index contributed by atoms with van der Waals surface area (Å²) in [6, 6.07) is 0. The Morgan fingerprint density at radius 3 is 2.53 bits per heavy atom. The number of aliphatic hydroxyl groups is 2. The molecule has 4 aliphatic rings. The molecule has 0 bridgehead atoms. The van der Waals surface area contributed by atoms with Crippen LogP contribution in [0.5, 0.6) is 0 Å². The molecular weight excluding hydrogens is 448 g/mol. The van der Waals surface area contributed by atoms with E-state index in [2.05, 4.69) is 47.1 Å². The third-order valence-electron chi connectivity index (χ3n) is 12.4. The van der Waals surface area contributed by atoms with Crippen LogP contribution in [0.15, 0.2) is 0 Å². The van der Waals surface area contributed by atoms with Crippen molar-refractivity contribution in [1.29, 1.82) is 0 Å². The average Bonchev–Trinajstić information content (AvgIpc) is 3.20. The summed E-state index contributed by atoms with van der Waals surface area (Å²) in [6.45, 7) is 12.4. The summed E-state index contributed by atoms with van der Waals surface area (Å²) in [7, 11) is 4.48. The summed E-state index contributed by atoms with van der Waals surface area (Å²) in [5, 5.41) is 25.2. The van der Waals surface area contributed by atoms with Gasteiger partial charge in [-0.25, -0.2) is 0 Å². The number of nitrogens with zero attached hydrogens (tertiary/aromatic N) is 1. The number of hydrogen-bond acceptors (Lipinski definition) is 3. The van der Waals surface area contributed by atoms with Gasteiger partial charge in [-0.3, -0.25) is 4.79 Å². The average molecular weight is 506 g/mol. The van der Waals surface area contributed by atoms with Crippen molar-refractivity contribution >= 4 is 5.91 Å². The monoisotopic (exact) mass is 505 g/mol. The van der Waals surface area contributed by atoms with Crippen LogP contribution in [0.1, 0.15) is 98.3 Å². The first-order valence-corrected chi connectivity index (χ1v) is 15.4. The molecule has 0 heterocycles. The Balaban J connectivity index is 1.33. The van der Waals surface area contributed by atoms with Gasteiger partial charge in [0.15, 0.2) is 0 Å². The summed E-state index contributed by atoms with van der Waals surface area (Å²) < 4.78 is 1.00. The van der Waals surface area contributed by atoms with Gasteiger partial charge in [-0.1, -0.05) is 20.8 Å². The minimum Gasteiger partial charge on any atom is -0.393 e. The maximum absolute atomic E-state index is 12.6. The predicted molar refractivity (Wildman–Crippen MR) is 146 cm³/mol. The number of aliphatic hydroxyl groups excluding tert-OH is 2. The van der Waals surface area contributed by atoms with Crippen LogP contribution in [-0.2, 0) is 4.79 Å². The van der Waals surface area contributed by atoms with Gasteiger partial charge in [0.1, 0.15) is 0 Å². The van der Waals surface area contributed by atoms with Crippen molar-refractivity contribution in [3.05, 3.63) is 0 Å². The smallest absolute Gasteiger partial charge is 0.220 e. The Labute approximate surface area is 221 Å². The molecule has 0 aromatic heterocycles. The van der Waals surface area contributed by atoms with Gasteiger partial charge in [0.2, 0.25) is 5.91 Å². The van der Waals surface area contributed by atoms with Gasteiger partial charge in [0, 0.05) is 19.4 Å². The topological polar surface area (TPSA) is 69.6 Å². The zero-order chi connectivity index (χ0) is 26.3. The highest BCUT2D eigenvalue weighted by Crippen LogP contribution is 2.68. The zero-order valence-corrected chi connectivity index (χ0v) is 24.3. The van der Waals surface area contributed by atoms with Gasteiger partial charge >= 0.3 is 0 Å². The van der Waals surface area contributed by atoms with Crippen molar-refractivity contribution in [2.24, 2.45) is 46.3 Å². The van der Waals surface area contributed by atoms with Crippen LogP contribution < -0.4 is 5.32 Å². The van der Waals surface area contributed by atoms with Crippen LogP contribution in [0.3, 0.4) is 0 Å². The minimum atomic E-state index is -0.241. The van der Waals surface area contributed by atoms with Crippen LogP contribution in [0, 0.1) is 46.3 Å². The molecule has 5 heteroatoms. The highest BCUT2D eigenvalue weighted by molar-refractivity contribution is 5.75. The summed E-state index contributed by atoms with van der Waals surface area (Å²) >= 11 is 0. The molecule has 36 heavy (non-hydrogen) atoms. The number of rotatable bonds is 9. The zero-order valence-electron chi connectivity index (χ0n) is 24.3. The number of carbonyl (C=O) groups is 1. The van der Waals surface area contributed by atoms with Crippen molar-refractivity contribution in [2.75, 3.05) is 33.7 Å². The molecule has 0 saturated heterocycles. The molecule has 4 aliphatic carbocycles. The highest BCUT2D eigenvalue weighted by atomic mass is 16.3. The van der Waals surface area contributed by atoms with E-state index in [0.717, 1.165) is 68.6 Å². The van der Waals surface area contributed by atoms with E-state index >= 15 is 0 Å². The SMILES string of the molecule is CC[N+](C)(C)CCCNC(=O)CC[C@@H](C)[C@H]1CCC2C3CCC4C[C@H](O)CC[C@]4(C)C3C[C@H](O)[C@@]21C. The van der Waals surface area contributed by atoms with E-state index in [1.54, 1.807) is 0 Å². The van der Waals surface area contributed by atoms with Crippen molar-refractivity contribution in [3.63, 3.8) is 0 Å². The molecule has 1 amide bonds. The molecule has 4 saturated carbocycles. The van der Waals surface area contributed by atoms with E-state index in [4.69, 9.17) is 0 Å². The molecule has 208 valence electrons. The Morgan fingerprint density at radius 2 is 1.81 bits per heavy atom. The molecule has 0 spiro atoms. The Hall–Kier alpha value is -0.650. The van der Waals surface area contributed by atoms with Crippen LogP contribution >= 0.6 is 0 Å². The summed E-state index contributed by atoms with van der Waals surface area (Å²) in [5.41, 5.74) is 0.273. The lowest BCUT2D eigenvalue weighted by molar-refractivity contribution is -0.888. The summed E-state index contributed by atoms with van der Waals surface area (Å²) in [5.74, 6) is 3.72. The number of carbonyl (C=O) groups excluding carboxylic acids is 1. The summed E-state index contributed by atoms with van der Waals surface area (Å²) in [6.07, 6.45) is 11.1. The van der Waals surface area contributed by atoms with Crippen LogP contribution in [0.4, 0.5) is 0 Å². The number of fused-ring (bicyclic) bond motifs is 5. The van der Waals surface area contributed by atoms with E-state index < -0.39 is 0 Å². The Bertz CT molecular complexity index is 771. The molecular formula is C31H57N2O3+. The minimum absolute atomic E-state index is 0.0158. The fourth-order valence-electron chi connectivity index (χ4n) is 9.70. The maximum atomic E-state index is 12.6. The van der Waals surface area contributed by atoms with Crippen LogP contribution in [-0.4, -0.2) is 66.5 Å². The summed E-state index contributed by atoms with van der Waals surface area (Å²) in [4.78, 5) is 12.6. The molecule has 0 aromatic rings. The van der Waals surface area contributed by atoms with E-state index in [9.17, 15) is 15.0 Å². The van der Waals surface area contributed by atoms with Crippen molar-refractivity contribution in [1.82, 2.24) is 5.32 Å². The molecule has 0 aliphatic heterocycles. The highest BCUT2D eigenvalue weighted by Gasteiger charge is 2.63. The molecule has 0 aromatic carbocycles. The molecule has 10 atom stereocenters. The second-order valence-electron chi connectivity index (χ2n) is 14.6. The third kappa shape index (κ3) is 5.27. The molecule has 4 fully saturated rings. The quantitative estimate of drug-likeness (QED) is 0.305. The van der Waals surface area contributed by atoms with Gasteiger partial charge in [-0.2, -0.15) is 0 Å². The van der Waals surface area contributed by atoms with Gasteiger partial charge in [0.25, 0.3) is 0 Å². The molecule has 4 rings (SSSR count). The van der Waals surface area contributed by atoms with Gasteiger partial charge < -0.3 is 20.0 Å². The molecule has 4 unspecified atom stereocenters. The largest absolute Gasteiger partial charge is 0.393 e. The van der Waals surface area contributed by atoms with E-state index in [1.807, 2.05) is 0 Å². The second-order valence-corrected chi connectivity index (χ2v) is 14.6. The lowest BCUT2D eigenvalue weighted by Crippen LogP contribution is -2.58. The number of nitrogens with one attached hydrogen (secondary N) is 1. The van der Waals surface area contributed by atoms with Crippen molar-refractivity contribution in [3.8, 4) is 0 Å². The molecule has 0 radical (unpaired) electrons. The maximum Gasteiger partial charge on any atom is 0.220 e. The fourth-order valence-corrected chi connectivity index (χ4v) is 9.70.